The number of primary amides is 1. The number of aryl methyl sites for hydroxylation is 2. The van der Waals surface area contributed by atoms with Crippen molar-refractivity contribution in [2.24, 2.45) is 5.73 Å². The van der Waals surface area contributed by atoms with Crippen LogP contribution in [-0.4, -0.2) is 37.2 Å². The Morgan fingerprint density at radius 3 is 2.75 bits per heavy atom. The highest BCUT2D eigenvalue weighted by molar-refractivity contribution is 7.99. The van der Waals surface area contributed by atoms with Crippen LogP contribution in [0, 0.1) is 13.8 Å². The fraction of sp³-hybridized carbons (Fsp3) is 0.250. The standard InChI is InChI=1S/C20H20N4O5S3/c1-11-18(12(2)29-22-11)32(27,28)23-15-10-31-17-4-3-14(19(21)25)7-16(17)24(20(15)26)8-13-5-6-30-9-13/h3-7,9,15,23H,8,10H2,1-2H3,(H2,21,25)/t15-/m0/s1. The molecule has 1 aliphatic rings. The van der Waals surface area contributed by atoms with E-state index in [1.807, 2.05) is 16.8 Å². The third-order valence-corrected chi connectivity index (χ3v) is 8.56. The number of sulfonamides is 1. The lowest BCUT2D eigenvalue weighted by Gasteiger charge is -2.26. The Labute approximate surface area is 193 Å². The molecule has 0 unspecified atom stereocenters. The van der Waals surface area contributed by atoms with E-state index in [1.165, 1.54) is 41.8 Å². The highest BCUT2D eigenvalue weighted by atomic mass is 32.2. The Balaban J connectivity index is 1.73. The molecule has 2 aromatic heterocycles. The number of nitrogens with two attached hydrogens (primary N) is 1. The molecule has 12 heteroatoms. The monoisotopic (exact) mass is 492 g/mol. The van der Waals surface area contributed by atoms with Crippen LogP contribution in [-0.2, 0) is 21.4 Å². The number of amides is 2. The van der Waals surface area contributed by atoms with Crippen LogP contribution < -0.4 is 15.4 Å². The van der Waals surface area contributed by atoms with Crippen LogP contribution in [0.25, 0.3) is 0 Å². The van der Waals surface area contributed by atoms with Crippen LogP contribution in [0.4, 0.5) is 5.69 Å². The Bertz CT molecular complexity index is 1270. The molecule has 1 aromatic carbocycles. The Morgan fingerprint density at radius 1 is 1.34 bits per heavy atom. The SMILES string of the molecule is Cc1noc(C)c1S(=O)(=O)N[C@H]1CSc2ccc(C(N)=O)cc2N(Cc2ccsc2)C1=O. The van der Waals surface area contributed by atoms with Crippen LogP contribution in [0.3, 0.4) is 0 Å². The molecular weight excluding hydrogens is 472 g/mol. The molecule has 9 nitrogen and oxygen atoms in total. The van der Waals surface area contributed by atoms with E-state index in [9.17, 15) is 18.0 Å². The molecular formula is C20H20N4O5S3. The first-order valence-corrected chi connectivity index (χ1v) is 12.9. The van der Waals surface area contributed by atoms with Gasteiger partial charge in [0.2, 0.25) is 21.8 Å². The van der Waals surface area contributed by atoms with Crippen molar-refractivity contribution in [1.29, 1.82) is 0 Å². The van der Waals surface area contributed by atoms with E-state index in [2.05, 4.69) is 9.88 Å². The zero-order chi connectivity index (χ0) is 23.0. The van der Waals surface area contributed by atoms with Crippen molar-refractivity contribution >= 4 is 50.6 Å². The number of aromatic nitrogens is 1. The Hall–Kier alpha value is -2.67. The van der Waals surface area contributed by atoms with Crippen molar-refractivity contribution in [1.82, 2.24) is 9.88 Å². The highest BCUT2D eigenvalue weighted by Crippen LogP contribution is 2.36. The molecule has 0 saturated carbocycles. The van der Waals surface area contributed by atoms with Gasteiger partial charge >= 0.3 is 0 Å². The largest absolute Gasteiger partial charge is 0.366 e. The Kier molecular flexibility index (Phi) is 6.12. The fourth-order valence-electron chi connectivity index (χ4n) is 3.47. The first-order valence-electron chi connectivity index (χ1n) is 9.51. The van der Waals surface area contributed by atoms with Gasteiger partial charge in [0.1, 0.15) is 16.6 Å². The van der Waals surface area contributed by atoms with Crippen LogP contribution in [0.2, 0.25) is 0 Å². The minimum atomic E-state index is -4.06. The van der Waals surface area contributed by atoms with Crippen molar-refractivity contribution in [2.75, 3.05) is 10.7 Å². The molecule has 1 atom stereocenters. The highest BCUT2D eigenvalue weighted by Gasteiger charge is 2.36. The number of carbonyl (C=O) groups excluding carboxylic acids is 2. The van der Waals surface area contributed by atoms with Gasteiger partial charge in [0.05, 0.1) is 12.2 Å². The van der Waals surface area contributed by atoms with Gasteiger partial charge in [-0.1, -0.05) is 5.16 Å². The summed E-state index contributed by atoms with van der Waals surface area (Å²) < 4.78 is 33.6. The molecule has 3 N–H and O–H groups in total. The number of hydrogen-bond acceptors (Lipinski definition) is 8. The molecule has 0 aliphatic carbocycles. The second-order valence-corrected chi connectivity index (χ2v) is 10.7. The molecule has 0 saturated heterocycles. The topological polar surface area (TPSA) is 136 Å². The van der Waals surface area contributed by atoms with Gasteiger partial charge in [0, 0.05) is 16.2 Å². The number of rotatable bonds is 6. The van der Waals surface area contributed by atoms with Crippen LogP contribution in [0.5, 0.6) is 0 Å². The average Bonchev–Trinajstić information content (AvgIpc) is 3.35. The van der Waals surface area contributed by atoms with E-state index in [-0.39, 0.29) is 34.2 Å². The van der Waals surface area contributed by atoms with Gasteiger partial charge in [-0.05, 0) is 54.4 Å². The number of nitrogens with one attached hydrogen (secondary N) is 1. The summed E-state index contributed by atoms with van der Waals surface area (Å²) in [6, 6.07) is 5.73. The second-order valence-electron chi connectivity index (χ2n) is 7.24. The molecule has 0 bridgehead atoms. The molecule has 1 aliphatic heterocycles. The number of anilines is 1. The number of thioether (sulfide) groups is 1. The van der Waals surface area contributed by atoms with Crippen molar-refractivity contribution < 1.29 is 22.5 Å². The van der Waals surface area contributed by atoms with Crippen molar-refractivity contribution in [3.8, 4) is 0 Å². The van der Waals surface area contributed by atoms with Crippen molar-refractivity contribution in [3.63, 3.8) is 0 Å². The smallest absolute Gasteiger partial charge is 0.248 e. The van der Waals surface area contributed by atoms with Crippen molar-refractivity contribution in [2.45, 2.75) is 36.2 Å². The van der Waals surface area contributed by atoms with Gasteiger partial charge in [-0.3, -0.25) is 9.59 Å². The maximum absolute atomic E-state index is 13.6. The lowest BCUT2D eigenvalue weighted by molar-refractivity contribution is -0.119. The number of hydrogen-bond donors (Lipinski definition) is 2. The van der Waals surface area contributed by atoms with E-state index in [4.69, 9.17) is 10.3 Å². The molecule has 3 heterocycles. The molecule has 4 rings (SSSR count). The maximum atomic E-state index is 13.6. The summed E-state index contributed by atoms with van der Waals surface area (Å²) in [4.78, 5) is 27.5. The molecule has 168 valence electrons. The van der Waals surface area contributed by atoms with Gasteiger partial charge in [0.25, 0.3) is 0 Å². The van der Waals surface area contributed by atoms with Crippen LogP contribution in [0.15, 0.2) is 49.3 Å². The fourth-order valence-corrected chi connectivity index (χ4v) is 6.81. The third kappa shape index (κ3) is 4.31. The molecule has 0 radical (unpaired) electrons. The van der Waals surface area contributed by atoms with E-state index in [0.29, 0.717) is 5.69 Å². The van der Waals surface area contributed by atoms with E-state index < -0.39 is 27.9 Å². The predicted octanol–water partition coefficient (Wildman–Crippen LogP) is 2.44. The second kappa shape index (κ2) is 8.70. The number of carbonyl (C=O) groups is 2. The van der Waals surface area contributed by atoms with Gasteiger partial charge in [-0.15, -0.1) is 11.8 Å². The molecule has 3 aromatic rings. The molecule has 32 heavy (non-hydrogen) atoms. The Morgan fingerprint density at radius 2 is 2.12 bits per heavy atom. The maximum Gasteiger partial charge on any atom is 0.248 e. The van der Waals surface area contributed by atoms with Crippen molar-refractivity contribution in [3.05, 3.63) is 57.6 Å². The summed E-state index contributed by atoms with van der Waals surface area (Å²) >= 11 is 2.82. The van der Waals surface area contributed by atoms with Gasteiger partial charge < -0.3 is 15.2 Å². The number of benzene rings is 1. The summed E-state index contributed by atoms with van der Waals surface area (Å²) in [5, 5.41) is 7.50. The number of fused-ring (bicyclic) bond motifs is 1. The molecule has 0 spiro atoms. The van der Waals surface area contributed by atoms with Crippen LogP contribution >= 0.6 is 23.1 Å². The van der Waals surface area contributed by atoms with E-state index in [0.717, 1.165) is 10.5 Å². The number of nitrogens with zero attached hydrogens (tertiary/aromatic N) is 2. The lowest BCUT2D eigenvalue weighted by atomic mass is 10.1. The van der Waals surface area contributed by atoms with Gasteiger partial charge in [-0.2, -0.15) is 16.1 Å². The summed E-state index contributed by atoms with van der Waals surface area (Å²) in [6.45, 7) is 3.25. The van der Waals surface area contributed by atoms with E-state index in [1.54, 1.807) is 18.2 Å². The normalized spacial score (nSPS) is 16.6. The molecule has 2 amide bonds. The van der Waals surface area contributed by atoms with Gasteiger partial charge in [-0.25, -0.2) is 8.42 Å². The first-order chi connectivity index (χ1) is 15.2. The number of thiophene rings is 1. The van der Waals surface area contributed by atoms with Gasteiger partial charge in [0.15, 0.2) is 5.76 Å². The minimum Gasteiger partial charge on any atom is -0.366 e. The first kappa shape index (κ1) is 22.5. The zero-order valence-electron chi connectivity index (χ0n) is 17.2. The summed E-state index contributed by atoms with van der Waals surface area (Å²) in [6.07, 6.45) is 0. The summed E-state index contributed by atoms with van der Waals surface area (Å²) in [5.74, 6) is -0.724. The third-order valence-electron chi connectivity index (χ3n) is 4.96. The minimum absolute atomic E-state index is 0.0718. The quantitative estimate of drug-likeness (QED) is 0.539. The average molecular weight is 493 g/mol. The molecule has 0 fully saturated rings. The lowest BCUT2D eigenvalue weighted by Crippen LogP contribution is -2.49. The zero-order valence-corrected chi connectivity index (χ0v) is 19.6. The summed E-state index contributed by atoms with van der Waals surface area (Å²) in [5.41, 5.74) is 7.33. The van der Waals surface area contributed by atoms with E-state index >= 15 is 0 Å². The predicted molar refractivity (Wildman–Crippen MR) is 121 cm³/mol. The summed E-state index contributed by atoms with van der Waals surface area (Å²) in [7, 11) is -4.06. The van der Waals surface area contributed by atoms with Crippen LogP contribution in [0.1, 0.15) is 27.4 Å².